The quantitative estimate of drug-likeness (QED) is 0.767. The van der Waals surface area contributed by atoms with Crippen LogP contribution >= 0.6 is 0 Å². The van der Waals surface area contributed by atoms with Gasteiger partial charge in [0.2, 0.25) is 0 Å². The summed E-state index contributed by atoms with van der Waals surface area (Å²) in [5.74, 6) is 1.05. The van der Waals surface area contributed by atoms with Crippen molar-refractivity contribution in [2.75, 3.05) is 45.7 Å². The molecule has 2 rings (SSSR count). The molecule has 0 spiro atoms. The van der Waals surface area contributed by atoms with Crippen LogP contribution in [0.15, 0.2) is 12.4 Å². The molecule has 6 heteroatoms. The van der Waals surface area contributed by atoms with Gasteiger partial charge in [-0.1, -0.05) is 0 Å². The van der Waals surface area contributed by atoms with Crippen LogP contribution in [0.2, 0.25) is 0 Å². The maximum atomic E-state index is 11.5. The van der Waals surface area contributed by atoms with E-state index in [1.54, 1.807) is 6.20 Å². The van der Waals surface area contributed by atoms with Crippen LogP contribution in [0.25, 0.3) is 0 Å². The number of hydrogen-bond donors (Lipinski definition) is 0. The van der Waals surface area contributed by atoms with Gasteiger partial charge in [0, 0.05) is 19.6 Å². The van der Waals surface area contributed by atoms with Crippen molar-refractivity contribution in [3.8, 4) is 0 Å². The molecule has 0 N–H and O–H groups in total. The third-order valence-electron chi connectivity index (χ3n) is 3.58. The topological polar surface area (TPSA) is 58.6 Å². The Bertz CT molecular complexity index is 456. The summed E-state index contributed by atoms with van der Waals surface area (Å²) in [6.07, 6.45) is 5.43. The molecule has 1 aromatic rings. The molecule has 0 bridgehead atoms. The third-order valence-corrected chi connectivity index (χ3v) is 3.58. The number of ether oxygens (including phenoxy) is 1. The lowest BCUT2D eigenvalue weighted by molar-refractivity contribution is 0.0593. The van der Waals surface area contributed by atoms with Crippen LogP contribution < -0.4 is 4.90 Å². The highest BCUT2D eigenvalue weighted by Gasteiger charge is 2.21. The average Bonchev–Trinajstić information content (AvgIpc) is 2.47. The fourth-order valence-electron chi connectivity index (χ4n) is 2.57. The first-order valence-electron chi connectivity index (χ1n) is 6.90. The SMILES string of the molecule is COC(=O)c1cncc(N2CCC(CN(C)C)CC2)n1. The Balaban J connectivity index is 1.98. The second kappa shape index (κ2) is 6.65. The standard InChI is InChI=1S/C14H22N4O2/c1-17(2)10-11-4-6-18(7-5-11)13-9-15-8-12(16-13)14(19)20-3/h8-9,11H,4-7,10H2,1-3H3. The molecule has 1 aliphatic rings. The molecule has 110 valence electrons. The normalized spacial score (nSPS) is 16.5. The summed E-state index contributed by atoms with van der Waals surface area (Å²) in [5, 5.41) is 0. The van der Waals surface area contributed by atoms with E-state index in [-0.39, 0.29) is 5.69 Å². The fraction of sp³-hybridized carbons (Fsp3) is 0.643. The Morgan fingerprint density at radius 1 is 1.40 bits per heavy atom. The van der Waals surface area contributed by atoms with Gasteiger partial charge < -0.3 is 14.5 Å². The summed E-state index contributed by atoms with van der Waals surface area (Å²) in [7, 11) is 5.57. The zero-order chi connectivity index (χ0) is 14.5. The van der Waals surface area contributed by atoms with E-state index in [4.69, 9.17) is 0 Å². The Labute approximate surface area is 119 Å². The number of esters is 1. The summed E-state index contributed by atoms with van der Waals surface area (Å²) in [4.78, 5) is 24.3. The predicted molar refractivity (Wildman–Crippen MR) is 76.9 cm³/mol. The number of hydrogen-bond acceptors (Lipinski definition) is 6. The van der Waals surface area contributed by atoms with E-state index in [0.717, 1.165) is 44.2 Å². The van der Waals surface area contributed by atoms with Crippen molar-refractivity contribution < 1.29 is 9.53 Å². The van der Waals surface area contributed by atoms with Gasteiger partial charge in [-0.05, 0) is 32.9 Å². The van der Waals surface area contributed by atoms with Gasteiger partial charge in [-0.15, -0.1) is 0 Å². The minimum Gasteiger partial charge on any atom is -0.464 e. The molecule has 0 amide bonds. The first-order chi connectivity index (χ1) is 9.60. The molecule has 1 saturated heterocycles. The first kappa shape index (κ1) is 14.7. The summed E-state index contributed by atoms with van der Waals surface area (Å²) in [6.45, 7) is 3.04. The molecular formula is C14H22N4O2. The number of rotatable bonds is 4. The van der Waals surface area contributed by atoms with Gasteiger partial charge in [-0.25, -0.2) is 9.78 Å². The van der Waals surface area contributed by atoms with Gasteiger partial charge in [0.05, 0.1) is 19.5 Å². The number of nitrogens with zero attached hydrogens (tertiary/aromatic N) is 4. The van der Waals surface area contributed by atoms with Crippen molar-refractivity contribution in [3.63, 3.8) is 0 Å². The van der Waals surface area contributed by atoms with Crippen LogP contribution in [0.5, 0.6) is 0 Å². The summed E-state index contributed by atoms with van der Waals surface area (Å²) in [5.41, 5.74) is 0.264. The van der Waals surface area contributed by atoms with Crippen LogP contribution in [0.4, 0.5) is 5.82 Å². The van der Waals surface area contributed by atoms with Gasteiger partial charge in [0.1, 0.15) is 5.82 Å². The van der Waals surface area contributed by atoms with Crippen molar-refractivity contribution in [2.24, 2.45) is 5.92 Å². The fourth-order valence-corrected chi connectivity index (χ4v) is 2.57. The van der Waals surface area contributed by atoms with E-state index >= 15 is 0 Å². The maximum absolute atomic E-state index is 11.5. The number of methoxy groups -OCH3 is 1. The second-order valence-corrected chi connectivity index (χ2v) is 5.45. The van der Waals surface area contributed by atoms with E-state index in [1.165, 1.54) is 13.3 Å². The van der Waals surface area contributed by atoms with Gasteiger partial charge in [0.25, 0.3) is 0 Å². The molecule has 1 fully saturated rings. The minimum absolute atomic E-state index is 0.264. The second-order valence-electron chi connectivity index (χ2n) is 5.45. The van der Waals surface area contributed by atoms with E-state index in [0.29, 0.717) is 0 Å². The molecule has 0 saturated carbocycles. The molecule has 0 aromatic carbocycles. The largest absolute Gasteiger partial charge is 0.464 e. The highest BCUT2D eigenvalue weighted by Crippen LogP contribution is 2.21. The molecule has 2 heterocycles. The Morgan fingerprint density at radius 2 is 2.10 bits per heavy atom. The van der Waals surface area contributed by atoms with Gasteiger partial charge >= 0.3 is 5.97 Å². The van der Waals surface area contributed by atoms with Crippen LogP contribution in [0.1, 0.15) is 23.3 Å². The lowest BCUT2D eigenvalue weighted by Crippen LogP contribution is -2.37. The van der Waals surface area contributed by atoms with Crippen molar-refractivity contribution in [2.45, 2.75) is 12.8 Å². The predicted octanol–water partition coefficient (Wildman–Crippen LogP) is 1.04. The van der Waals surface area contributed by atoms with Gasteiger partial charge in [0.15, 0.2) is 5.69 Å². The molecule has 0 atom stereocenters. The van der Waals surface area contributed by atoms with Crippen LogP contribution in [-0.4, -0.2) is 61.7 Å². The highest BCUT2D eigenvalue weighted by atomic mass is 16.5. The van der Waals surface area contributed by atoms with Crippen LogP contribution in [0, 0.1) is 5.92 Å². The van der Waals surface area contributed by atoms with Crippen molar-refractivity contribution in [1.82, 2.24) is 14.9 Å². The lowest BCUT2D eigenvalue weighted by Gasteiger charge is -2.33. The van der Waals surface area contributed by atoms with Crippen molar-refractivity contribution >= 4 is 11.8 Å². The zero-order valence-electron chi connectivity index (χ0n) is 12.4. The molecule has 0 aliphatic carbocycles. The van der Waals surface area contributed by atoms with Gasteiger partial charge in [-0.3, -0.25) is 4.98 Å². The number of anilines is 1. The highest BCUT2D eigenvalue weighted by molar-refractivity contribution is 5.87. The monoisotopic (exact) mass is 278 g/mol. The van der Waals surface area contributed by atoms with E-state index in [1.807, 2.05) is 0 Å². The van der Waals surface area contributed by atoms with Crippen molar-refractivity contribution in [1.29, 1.82) is 0 Å². The molecule has 1 aromatic heterocycles. The smallest absolute Gasteiger partial charge is 0.358 e. The molecule has 0 radical (unpaired) electrons. The van der Waals surface area contributed by atoms with Crippen molar-refractivity contribution in [3.05, 3.63) is 18.1 Å². The Kier molecular flexibility index (Phi) is 4.89. The Hall–Kier alpha value is -1.69. The number of aromatic nitrogens is 2. The summed E-state index contributed by atoms with van der Waals surface area (Å²) in [6, 6.07) is 0. The molecule has 1 aliphatic heterocycles. The van der Waals surface area contributed by atoms with E-state index in [2.05, 4.69) is 38.6 Å². The molecule has 20 heavy (non-hydrogen) atoms. The number of carbonyl (C=O) groups excluding carboxylic acids is 1. The van der Waals surface area contributed by atoms with Crippen LogP contribution in [-0.2, 0) is 4.74 Å². The number of carbonyl (C=O) groups is 1. The lowest BCUT2D eigenvalue weighted by atomic mass is 9.96. The summed E-state index contributed by atoms with van der Waals surface area (Å²) < 4.78 is 4.67. The minimum atomic E-state index is -0.443. The average molecular weight is 278 g/mol. The zero-order valence-corrected chi connectivity index (χ0v) is 12.4. The van der Waals surface area contributed by atoms with E-state index in [9.17, 15) is 4.79 Å². The van der Waals surface area contributed by atoms with Gasteiger partial charge in [-0.2, -0.15) is 0 Å². The first-order valence-corrected chi connectivity index (χ1v) is 6.90. The summed E-state index contributed by atoms with van der Waals surface area (Å²) >= 11 is 0. The third kappa shape index (κ3) is 3.66. The molecular weight excluding hydrogens is 256 g/mol. The molecule has 0 unspecified atom stereocenters. The number of piperidine rings is 1. The molecule has 6 nitrogen and oxygen atoms in total. The maximum Gasteiger partial charge on any atom is 0.358 e. The van der Waals surface area contributed by atoms with E-state index < -0.39 is 5.97 Å². The van der Waals surface area contributed by atoms with Crippen LogP contribution in [0.3, 0.4) is 0 Å². The Morgan fingerprint density at radius 3 is 2.70 bits per heavy atom.